The van der Waals surface area contributed by atoms with E-state index >= 15 is 0 Å². The van der Waals surface area contributed by atoms with Gasteiger partial charge in [0.1, 0.15) is 0 Å². The van der Waals surface area contributed by atoms with E-state index in [0.29, 0.717) is 5.88 Å². The molecule has 0 aliphatic rings. The van der Waals surface area contributed by atoms with E-state index < -0.39 is 0 Å². The van der Waals surface area contributed by atoms with Gasteiger partial charge in [-0.2, -0.15) is 0 Å². The van der Waals surface area contributed by atoms with Crippen molar-refractivity contribution in [1.82, 2.24) is 0 Å². The summed E-state index contributed by atoms with van der Waals surface area (Å²) in [6.07, 6.45) is 5.69. The first kappa shape index (κ1) is 16.3. The molecular weight excluding hydrogens is 331 g/mol. The molecule has 0 spiro atoms. The third-order valence-corrected chi connectivity index (χ3v) is 5.09. The van der Waals surface area contributed by atoms with Crippen molar-refractivity contribution in [1.29, 1.82) is 0 Å². The highest BCUT2D eigenvalue weighted by Crippen LogP contribution is 2.36. The van der Waals surface area contributed by atoms with Crippen LogP contribution in [0.5, 0.6) is 0 Å². The molecule has 0 aliphatic heterocycles. The molecule has 102 valence electrons. The second-order valence-corrected chi connectivity index (χ2v) is 6.59. The molecule has 0 nitrogen and oxygen atoms in total. The van der Waals surface area contributed by atoms with Gasteiger partial charge in [0.15, 0.2) is 0 Å². The molecule has 1 aromatic carbocycles. The number of hydrogen-bond acceptors (Lipinski definition) is 0. The molecule has 0 saturated heterocycles. The monoisotopic (exact) mass is 350 g/mol. The second-order valence-electron chi connectivity index (χ2n) is 5.00. The molecule has 0 heterocycles. The maximum atomic E-state index is 6.31. The summed E-state index contributed by atoms with van der Waals surface area (Å²) in [6.45, 7) is 4.45. The van der Waals surface area contributed by atoms with Gasteiger partial charge in [-0.25, -0.2) is 0 Å². The van der Waals surface area contributed by atoms with Crippen LogP contribution in [0.25, 0.3) is 0 Å². The zero-order valence-corrected chi connectivity index (χ0v) is 14.2. The first-order chi connectivity index (χ1) is 8.56. The zero-order chi connectivity index (χ0) is 13.6. The van der Waals surface area contributed by atoms with Gasteiger partial charge in [-0.3, -0.25) is 0 Å². The number of rotatable bonds is 7. The molecule has 1 unspecified atom stereocenters. The van der Waals surface area contributed by atoms with Crippen LogP contribution in [0.1, 0.15) is 45.1 Å². The maximum absolute atomic E-state index is 6.31. The van der Waals surface area contributed by atoms with E-state index in [-0.39, 0.29) is 5.41 Å². The lowest BCUT2D eigenvalue weighted by molar-refractivity contribution is 0.279. The number of unbranched alkanes of at least 4 members (excludes halogenated alkanes) is 1. The molecule has 1 atom stereocenters. The molecule has 0 amide bonds. The van der Waals surface area contributed by atoms with E-state index in [2.05, 4.69) is 41.9 Å². The summed E-state index contributed by atoms with van der Waals surface area (Å²) in [6, 6.07) is 6.12. The molecular formula is C15H21BrCl2. The molecule has 0 saturated carbocycles. The van der Waals surface area contributed by atoms with Crippen molar-refractivity contribution < 1.29 is 0 Å². The predicted octanol–water partition coefficient (Wildman–Crippen LogP) is 6.47. The van der Waals surface area contributed by atoms with E-state index in [1.807, 2.05) is 6.07 Å². The summed E-state index contributed by atoms with van der Waals surface area (Å²) in [4.78, 5) is 0. The molecule has 18 heavy (non-hydrogen) atoms. The van der Waals surface area contributed by atoms with Crippen LogP contribution in [-0.2, 0) is 6.42 Å². The Kier molecular flexibility index (Phi) is 7.05. The van der Waals surface area contributed by atoms with Crippen molar-refractivity contribution in [2.45, 2.75) is 46.0 Å². The average Bonchev–Trinajstić information content (AvgIpc) is 2.37. The fourth-order valence-electron chi connectivity index (χ4n) is 2.22. The topological polar surface area (TPSA) is 0 Å². The quantitative estimate of drug-likeness (QED) is 0.493. The lowest BCUT2D eigenvalue weighted by Gasteiger charge is -2.31. The number of benzene rings is 1. The fourth-order valence-corrected chi connectivity index (χ4v) is 3.38. The molecule has 0 radical (unpaired) electrons. The first-order valence-corrected chi connectivity index (χ1v) is 8.27. The minimum absolute atomic E-state index is 0.190. The molecule has 1 aromatic rings. The van der Waals surface area contributed by atoms with E-state index in [1.54, 1.807) is 0 Å². The van der Waals surface area contributed by atoms with Gasteiger partial charge in [0, 0.05) is 15.4 Å². The number of hydrogen-bond donors (Lipinski definition) is 0. The molecule has 1 rings (SSSR count). The Hall–Kier alpha value is 0.280. The second kappa shape index (κ2) is 7.77. The van der Waals surface area contributed by atoms with E-state index in [1.165, 1.54) is 24.8 Å². The summed E-state index contributed by atoms with van der Waals surface area (Å²) < 4.78 is 1.03. The number of halogens is 3. The largest absolute Gasteiger partial charge is 0.126 e. The van der Waals surface area contributed by atoms with Gasteiger partial charge >= 0.3 is 0 Å². The van der Waals surface area contributed by atoms with Crippen LogP contribution < -0.4 is 0 Å². The summed E-state index contributed by atoms with van der Waals surface area (Å²) >= 11 is 16.0. The smallest absolute Gasteiger partial charge is 0.0449 e. The van der Waals surface area contributed by atoms with E-state index in [9.17, 15) is 0 Å². The van der Waals surface area contributed by atoms with Crippen LogP contribution in [-0.4, -0.2) is 5.88 Å². The van der Waals surface area contributed by atoms with Gasteiger partial charge in [-0.05, 0) is 42.4 Å². The molecule has 0 aliphatic carbocycles. The van der Waals surface area contributed by atoms with E-state index in [0.717, 1.165) is 22.3 Å². The van der Waals surface area contributed by atoms with E-state index in [4.69, 9.17) is 23.2 Å². The summed E-state index contributed by atoms with van der Waals surface area (Å²) in [5.41, 5.74) is 1.40. The van der Waals surface area contributed by atoms with Crippen molar-refractivity contribution in [3.8, 4) is 0 Å². The Labute approximate surface area is 129 Å². The van der Waals surface area contributed by atoms with Crippen LogP contribution in [0.3, 0.4) is 0 Å². The third-order valence-electron chi connectivity index (χ3n) is 3.67. The van der Waals surface area contributed by atoms with Crippen molar-refractivity contribution in [3.63, 3.8) is 0 Å². The highest BCUT2D eigenvalue weighted by atomic mass is 79.9. The Bertz CT molecular complexity index is 373. The van der Waals surface area contributed by atoms with Crippen LogP contribution >= 0.6 is 39.1 Å². The van der Waals surface area contributed by atoms with Crippen LogP contribution in [0.15, 0.2) is 22.7 Å². The summed E-state index contributed by atoms with van der Waals surface area (Å²) in [5, 5.41) is 0.837. The van der Waals surface area contributed by atoms with Gasteiger partial charge in [0.05, 0.1) is 0 Å². The molecule has 0 aromatic heterocycles. The summed E-state index contributed by atoms with van der Waals surface area (Å²) in [7, 11) is 0. The third kappa shape index (κ3) is 4.43. The standard InChI is InChI=1S/C15H21BrCl2/c1-3-5-8-15(4-2,11-17)10-12-6-7-13(16)9-14(12)18/h6-7,9H,3-5,8,10-11H2,1-2H3. The van der Waals surface area contributed by atoms with Crippen molar-refractivity contribution in [3.05, 3.63) is 33.3 Å². The predicted molar refractivity (Wildman–Crippen MR) is 85.8 cm³/mol. The summed E-state index contributed by atoms with van der Waals surface area (Å²) in [5.74, 6) is 0.704. The molecule has 0 bridgehead atoms. The highest BCUT2D eigenvalue weighted by Gasteiger charge is 2.27. The van der Waals surface area contributed by atoms with Crippen molar-refractivity contribution in [2.24, 2.45) is 5.41 Å². The Balaban J connectivity index is 2.88. The molecule has 0 fully saturated rings. The van der Waals surface area contributed by atoms with Gasteiger partial charge in [-0.15, -0.1) is 11.6 Å². The Morgan fingerprint density at radius 3 is 2.50 bits per heavy atom. The average molecular weight is 352 g/mol. The van der Waals surface area contributed by atoms with Gasteiger partial charge < -0.3 is 0 Å². The van der Waals surface area contributed by atoms with Crippen LogP contribution in [0.4, 0.5) is 0 Å². The minimum Gasteiger partial charge on any atom is -0.126 e. The fraction of sp³-hybridized carbons (Fsp3) is 0.600. The number of alkyl halides is 1. The van der Waals surface area contributed by atoms with Gasteiger partial charge in [0.2, 0.25) is 0 Å². The molecule has 0 N–H and O–H groups in total. The zero-order valence-electron chi connectivity index (χ0n) is 11.1. The van der Waals surface area contributed by atoms with Crippen LogP contribution in [0, 0.1) is 5.41 Å². The molecule has 3 heteroatoms. The van der Waals surface area contributed by atoms with Crippen molar-refractivity contribution in [2.75, 3.05) is 5.88 Å². The lowest BCUT2D eigenvalue weighted by atomic mass is 9.77. The first-order valence-electron chi connectivity index (χ1n) is 6.57. The van der Waals surface area contributed by atoms with Gasteiger partial charge in [0.25, 0.3) is 0 Å². The highest BCUT2D eigenvalue weighted by molar-refractivity contribution is 9.10. The Morgan fingerprint density at radius 2 is 2.00 bits per heavy atom. The van der Waals surface area contributed by atoms with Crippen LogP contribution in [0.2, 0.25) is 5.02 Å². The minimum atomic E-state index is 0.190. The normalized spacial score (nSPS) is 14.5. The maximum Gasteiger partial charge on any atom is 0.0449 e. The lowest BCUT2D eigenvalue weighted by Crippen LogP contribution is -2.25. The Morgan fingerprint density at radius 1 is 1.28 bits per heavy atom. The van der Waals surface area contributed by atoms with Crippen molar-refractivity contribution >= 4 is 39.1 Å². The SMILES string of the molecule is CCCCC(CC)(CCl)Cc1ccc(Br)cc1Cl. The van der Waals surface area contributed by atoms with Gasteiger partial charge in [-0.1, -0.05) is 60.3 Å².